The molecule has 5 heteroatoms. The molecular weight excluding hydrogens is 252 g/mol. The molecule has 0 spiro atoms. The fraction of sp³-hybridized carbons (Fsp3) is 0.500. The standard InChI is InChI=1S/C14H17F2NO2/c15-13(16)9-19-12-7-5-11(6-8-12)17-14(18)10-3-1-2-4-10/h5-8,10,13H,1-4,9H2,(H,17,18). The maximum absolute atomic E-state index is 12.0. The highest BCUT2D eigenvalue weighted by atomic mass is 19.3. The average Bonchev–Trinajstić information content (AvgIpc) is 2.92. The fourth-order valence-corrected chi connectivity index (χ4v) is 2.23. The zero-order chi connectivity index (χ0) is 13.7. The van der Waals surface area contributed by atoms with Crippen LogP contribution in [0.4, 0.5) is 14.5 Å². The van der Waals surface area contributed by atoms with Crippen molar-refractivity contribution < 1.29 is 18.3 Å². The Morgan fingerprint density at radius 2 is 1.89 bits per heavy atom. The van der Waals surface area contributed by atoms with E-state index in [9.17, 15) is 13.6 Å². The first-order valence-electron chi connectivity index (χ1n) is 6.47. The molecule has 104 valence electrons. The van der Waals surface area contributed by atoms with Crippen LogP contribution >= 0.6 is 0 Å². The monoisotopic (exact) mass is 269 g/mol. The Balaban J connectivity index is 1.85. The molecule has 0 unspecified atom stereocenters. The normalized spacial score (nSPS) is 15.7. The van der Waals surface area contributed by atoms with Gasteiger partial charge in [-0.3, -0.25) is 4.79 Å². The largest absolute Gasteiger partial charge is 0.488 e. The summed E-state index contributed by atoms with van der Waals surface area (Å²) in [5.74, 6) is 0.521. The summed E-state index contributed by atoms with van der Waals surface area (Å²) in [6, 6.07) is 6.47. The number of alkyl halides is 2. The lowest BCUT2D eigenvalue weighted by Crippen LogP contribution is -2.20. The molecule has 3 nitrogen and oxygen atoms in total. The predicted molar refractivity (Wildman–Crippen MR) is 68.5 cm³/mol. The maximum Gasteiger partial charge on any atom is 0.272 e. The van der Waals surface area contributed by atoms with E-state index in [1.807, 2.05) is 0 Å². The van der Waals surface area contributed by atoms with Crippen LogP contribution in [0.2, 0.25) is 0 Å². The quantitative estimate of drug-likeness (QED) is 0.889. The lowest BCUT2D eigenvalue weighted by Gasteiger charge is -2.11. The Kier molecular flexibility index (Phi) is 4.71. The number of nitrogens with one attached hydrogen (secondary N) is 1. The number of carbonyl (C=O) groups excluding carboxylic acids is 1. The predicted octanol–water partition coefficient (Wildman–Crippen LogP) is 3.46. The molecule has 1 aliphatic rings. The van der Waals surface area contributed by atoms with Gasteiger partial charge in [0.1, 0.15) is 12.4 Å². The van der Waals surface area contributed by atoms with Gasteiger partial charge < -0.3 is 10.1 Å². The zero-order valence-electron chi connectivity index (χ0n) is 10.6. The van der Waals surface area contributed by atoms with Gasteiger partial charge >= 0.3 is 0 Å². The number of amides is 1. The van der Waals surface area contributed by atoms with Crippen molar-refractivity contribution in [1.29, 1.82) is 0 Å². The molecule has 1 N–H and O–H groups in total. The highest BCUT2D eigenvalue weighted by Crippen LogP contribution is 2.26. The molecule has 1 amide bonds. The first-order chi connectivity index (χ1) is 9.15. The summed E-state index contributed by atoms with van der Waals surface area (Å²) in [5.41, 5.74) is 0.668. The van der Waals surface area contributed by atoms with Gasteiger partial charge in [0, 0.05) is 11.6 Å². The Morgan fingerprint density at radius 1 is 1.26 bits per heavy atom. The first-order valence-corrected chi connectivity index (χ1v) is 6.47. The van der Waals surface area contributed by atoms with Gasteiger partial charge in [0.2, 0.25) is 5.91 Å². The Hall–Kier alpha value is -1.65. The summed E-state index contributed by atoms with van der Waals surface area (Å²) in [7, 11) is 0. The zero-order valence-corrected chi connectivity index (χ0v) is 10.6. The van der Waals surface area contributed by atoms with Gasteiger partial charge in [0.25, 0.3) is 6.43 Å². The first kappa shape index (κ1) is 13.8. The SMILES string of the molecule is O=C(Nc1ccc(OCC(F)F)cc1)C1CCCC1. The second-order valence-corrected chi connectivity index (χ2v) is 4.70. The number of ether oxygens (including phenoxy) is 1. The van der Waals surface area contributed by atoms with E-state index in [4.69, 9.17) is 4.74 Å². The van der Waals surface area contributed by atoms with Crippen LogP contribution in [0.25, 0.3) is 0 Å². The molecule has 1 aromatic carbocycles. The van der Waals surface area contributed by atoms with Crippen LogP contribution in [-0.2, 0) is 4.79 Å². The summed E-state index contributed by atoms with van der Waals surface area (Å²) in [4.78, 5) is 11.9. The minimum absolute atomic E-state index is 0.0405. The third-order valence-electron chi connectivity index (χ3n) is 3.22. The molecule has 0 bridgehead atoms. The average molecular weight is 269 g/mol. The summed E-state index contributed by atoms with van der Waals surface area (Å²) < 4.78 is 28.8. The van der Waals surface area contributed by atoms with Crippen molar-refractivity contribution in [1.82, 2.24) is 0 Å². The van der Waals surface area contributed by atoms with Gasteiger partial charge in [-0.15, -0.1) is 0 Å². The van der Waals surface area contributed by atoms with Crippen molar-refractivity contribution in [2.45, 2.75) is 32.1 Å². The van der Waals surface area contributed by atoms with Crippen molar-refractivity contribution in [3.05, 3.63) is 24.3 Å². The van der Waals surface area contributed by atoms with Crippen LogP contribution in [0.1, 0.15) is 25.7 Å². The highest BCUT2D eigenvalue weighted by molar-refractivity contribution is 5.92. The van der Waals surface area contributed by atoms with Gasteiger partial charge in [-0.1, -0.05) is 12.8 Å². The van der Waals surface area contributed by atoms with Crippen LogP contribution in [0.5, 0.6) is 5.75 Å². The summed E-state index contributed by atoms with van der Waals surface area (Å²) in [6.45, 7) is -0.617. The molecule has 0 atom stereocenters. The number of hydrogen-bond donors (Lipinski definition) is 1. The lowest BCUT2D eigenvalue weighted by molar-refractivity contribution is -0.119. The van der Waals surface area contributed by atoms with Gasteiger partial charge in [-0.05, 0) is 37.1 Å². The summed E-state index contributed by atoms with van der Waals surface area (Å²) in [5, 5.41) is 2.83. The molecule has 1 saturated carbocycles. The van der Waals surface area contributed by atoms with Crippen molar-refractivity contribution in [3.8, 4) is 5.75 Å². The minimum Gasteiger partial charge on any atom is -0.488 e. The fourth-order valence-electron chi connectivity index (χ4n) is 2.23. The molecule has 1 aliphatic carbocycles. The van der Waals surface area contributed by atoms with E-state index in [1.54, 1.807) is 24.3 Å². The van der Waals surface area contributed by atoms with Crippen LogP contribution < -0.4 is 10.1 Å². The summed E-state index contributed by atoms with van der Waals surface area (Å²) >= 11 is 0. The van der Waals surface area contributed by atoms with E-state index in [1.165, 1.54) is 0 Å². The molecular formula is C14H17F2NO2. The molecule has 19 heavy (non-hydrogen) atoms. The number of halogens is 2. The molecule has 0 aromatic heterocycles. The Bertz CT molecular complexity index is 414. The van der Waals surface area contributed by atoms with Crippen LogP contribution in [-0.4, -0.2) is 18.9 Å². The van der Waals surface area contributed by atoms with Gasteiger partial charge in [-0.2, -0.15) is 0 Å². The molecule has 0 radical (unpaired) electrons. The smallest absolute Gasteiger partial charge is 0.272 e. The Morgan fingerprint density at radius 3 is 2.47 bits per heavy atom. The lowest BCUT2D eigenvalue weighted by atomic mass is 10.1. The third kappa shape index (κ3) is 4.19. The van der Waals surface area contributed by atoms with Crippen molar-refractivity contribution in [2.24, 2.45) is 5.92 Å². The van der Waals surface area contributed by atoms with Crippen LogP contribution in [0, 0.1) is 5.92 Å². The Labute approximate surface area is 111 Å². The molecule has 1 aromatic rings. The number of anilines is 1. The molecule has 2 rings (SSSR count). The maximum atomic E-state index is 12.0. The van der Waals surface area contributed by atoms with Gasteiger partial charge in [-0.25, -0.2) is 8.78 Å². The van der Waals surface area contributed by atoms with Gasteiger partial charge in [0.05, 0.1) is 0 Å². The van der Waals surface area contributed by atoms with Crippen molar-refractivity contribution in [2.75, 3.05) is 11.9 Å². The summed E-state index contributed by atoms with van der Waals surface area (Å²) in [6.07, 6.45) is 1.63. The number of rotatable bonds is 5. The van der Waals surface area contributed by atoms with Crippen LogP contribution in [0.3, 0.4) is 0 Å². The topological polar surface area (TPSA) is 38.3 Å². The number of benzene rings is 1. The van der Waals surface area contributed by atoms with Crippen LogP contribution in [0.15, 0.2) is 24.3 Å². The van der Waals surface area contributed by atoms with E-state index in [2.05, 4.69) is 5.32 Å². The van der Waals surface area contributed by atoms with E-state index in [-0.39, 0.29) is 11.8 Å². The van der Waals surface area contributed by atoms with E-state index in [0.717, 1.165) is 25.7 Å². The minimum atomic E-state index is -2.48. The van der Waals surface area contributed by atoms with Crippen molar-refractivity contribution in [3.63, 3.8) is 0 Å². The number of carbonyl (C=O) groups is 1. The van der Waals surface area contributed by atoms with E-state index in [0.29, 0.717) is 11.4 Å². The molecule has 0 aliphatic heterocycles. The van der Waals surface area contributed by atoms with E-state index >= 15 is 0 Å². The van der Waals surface area contributed by atoms with Gasteiger partial charge in [0.15, 0.2) is 0 Å². The molecule has 0 heterocycles. The number of hydrogen-bond acceptors (Lipinski definition) is 2. The highest BCUT2D eigenvalue weighted by Gasteiger charge is 2.22. The second-order valence-electron chi connectivity index (χ2n) is 4.70. The third-order valence-corrected chi connectivity index (χ3v) is 3.22. The molecule has 0 saturated heterocycles. The second kappa shape index (κ2) is 6.50. The molecule has 1 fully saturated rings. The van der Waals surface area contributed by atoms with E-state index < -0.39 is 13.0 Å². The van der Waals surface area contributed by atoms with Crippen molar-refractivity contribution >= 4 is 11.6 Å².